The molecule has 0 fully saturated rings. The predicted molar refractivity (Wildman–Crippen MR) is 70.8 cm³/mol. The molecule has 0 radical (unpaired) electrons. The lowest BCUT2D eigenvalue weighted by Gasteiger charge is -2.14. The Morgan fingerprint density at radius 1 is 1.60 bits per heavy atom. The van der Waals surface area contributed by atoms with Gasteiger partial charge in [-0.05, 0) is 41.3 Å². The normalized spacial score (nSPS) is 12.5. The van der Waals surface area contributed by atoms with Crippen molar-refractivity contribution in [2.45, 2.75) is 19.4 Å². The number of hydrogen-bond donors (Lipinski definition) is 1. The molecule has 0 saturated heterocycles. The van der Waals surface area contributed by atoms with Gasteiger partial charge in [0.25, 0.3) is 0 Å². The number of anilines is 1. The van der Waals surface area contributed by atoms with E-state index in [1.54, 1.807) is 0 Å². The Bertz CT molecular complexity index is 324. The molecule has 0 saturated carbocycles. The summed E-state index contributed by atoms with van der Waals surface area (Å²) in [5.41, 5.74) is 0. The van der Waals surface area contributed by atoms with Gasteiger partial charge in [0.1, 0.15) is 17.3 Å². The highest BCUT2D eigenvalue weighted by molar-refractivity contribution is 9.10. The largest absolute Gasteiger partial charge is 0.367 e. The van der Waals surface area contributed by atoms with Crippen LogP contribution in [0.25, 0.3) is 0 Å². The molecule has 6 heteroatoms. The summed E-state index contributed by atoms with van der Waals surface area (Å²) < 4.78 is 0.725. The van der Waals surface area contributed by atoms with Crippen LogP contribution in [-0.2, 0) is 0 Å². The molecule has 0 aliphatic carbocycles. The van der Waals surface area contributed by atoms with Crippen molar-refractivity contribution in [1.82, 2.24) is 9.97 Å². The van der Waals surface area contributed by atoms with E-state index >= 15 is 0 Å². The van der Waals surface area contributed by atoms with Crippen LogP contribution in [0.1, 0.15) is 13.3 Å². The van der Waals surface area contributed by atoms with Crippen molar-refractivity contribution in [3.63, 3.8) is 0 Å². The van der Waals surface area contributed by atoms with Crippen LogP contribution in [0.2, 0.25) is 5.15 Å². The van der Waals surface area contributed by atoms with Gasteiger partial charge in [-0.15, -0.1) is 0 Å². The summed E-state index contributed by atoms with van der Waals surface area (Å²) in [4.78, 5) is 8.00. The van der Waals surface area contributed by atoms with Gasteiger partial charge in [-0.1, -0.05) is 11.6 Å². The van der Waals surface area contributed by atoms with Crippen molar-refractivity contribution in [3.8, 4) is 0 Å². The highest BCUT2D eigenvalue weighted by Gasteiger charge is 2.09. The summed E-state index contributed by atoms with van der Waals surface area (Å²) in [5.74, 6) is 1.88. The first-order chi connectivity index (χ1) is 7.15. The summed E-state index contributed by atoms with van der Waals surface area (Å²) in [5, 5.41) is 3.72. The topological polar surface area (TPSA) is 37.8 Å². The van der Waals surface area contributed by atoms with E-state index in [9.17, 15) is 0 Å². The Kier molecular flexibility index (Phi) is 5.71. The van der Waals surface area contributed by atoms with Crippen molar-refractivity contribution in [2.24, 2.45) is 0 Å². The van der Waals surface area contributed by atoms with Gasteiger partial charge in [0.15, 0.2) is 0 Å². The standard InChI is InChI=1S/C9H13BrClN3S/c1-6(3-4-15-2)14-9-7(10)8(11)12-5-13-9/h5-6H,3-4H2,1-2H3,(H,12,13,14). The van der Waals surface area contributed by atoms with Gasteiger partial charge in [-0.25, -0.2) is 9.97 Å². The molecule has 15 heavy (non-hydrogen) atoms. The van der Waals surface area contributed by atoms with E-state index < -0.39 is 0 Å². The maximum atomic E-state index is 5.86. The maximum Gasteiger partial charge on any atom is 0.148 e. The Labute approximate surface area is 108 Å². The molecule has 1 aromatic rings. The molecule has 0 aliphatic rings. The molecule has 0 bridgehead atoms. The lowest BCUT2D eigenvalue weighted by molar-refractivity contribution is 0.765. The predicted octanol–water partition coefficient (Wildman–Crippen LogP) is 3.45. The first-order valence-electron chi connectivity index (χ1n) is 4.56. The number of thioether (sulfide) groups is 1. The zero-order chi connectivity index (χ0) is 11.3. The van der Waals surface area contributed by atoms with Gasteiger partial charge in [-0.3, -0.25) is 0 Å². The minimum atomic E-state index is 0.375. The molecule has 0 amide bonds. The van der Waals surface area contributed by atoms with Gasteiger partial charge in [-0.2, -0.15) is 11.8 Å². The molecule has 84 valence electrons. The van der Waals surface area contributed by atoms with Crippen molar-refractivity contribution >= 4 is 45.1 Å². The van der Waals surface area contributed by atoms with Crippen LogP contribution >= 0.6 is 39.3 Å². The second kappa shape index (κ2) is 6.55. The zero-order valence-electron chi connectivity index (χ0n) is 8.63. The van der Waals surface area contributed by atoms with Gasteiger partial charge < -0.3 is 5.32 Å². The van der Waals surface area contributed by atoms with Crippen LogP contribution in [0.3, 0.4) is 0 Å². The molecule has 0 aliphatic heterocycles. The Hall–Kier alpha value is -0.0000000000000000555. The SMILES string of the molecule is CSCCC(C)Nc1ncnc(Cl)c1Br. The lowest BCUT2D eigenvalue weighted by atomic mass is 10.2. The van der Waals surface area contributed by atoms with Crippen LogP contribution in [0.5, 0.6) is 0 Å². The summed E-state index contributed by atoms with van der Waals surface area (Å²) in [7, 11) is 0. The van der Waals surface area contributed by atoms with Gasteiger partial charge in [0.2, 0.25) is 0 Å². The number of halogens is 2. The quantitative estimate of drug-likeness (QED) is 0.845. The Balaban J connectivity index is 2.60. The van der Waals surface area contributed by atoms with E-state index in [1.807, 2.05) is 11.8 Å². The average molecular weight is 311 g/mol. The first-order valence-corrected chi connectivity index (χ1v) is 7.13. The highest BCUT2D eigenvalue weighted by atomic mass is 79.9. The second-order valence-corrected chi connectivity index (χ2v) is 5.29. The minimum Gasteiger partial charge on any atom is -0.367 e. The van der Waals surface area contributed by atoms with Crippen LogP contribution in [-0.4, -0.2) is 28.0 Å². The number of rotatable bonds is 5. The number of nitrogens with zero attached hydrogens (tertiary/aromatic N) is 2. The summed E-state index contributed by atoms with van der Waals surface area (Å²) in [6.07, 6.45) is 4.65. The highest BCUT2D eigenvalue weighted by Crippen LogP contribution is 2.26. The third-order valence-electron chi connectivity index (χ3n) is 1.89. The molecule has 1 N–H and O–H groups in total. The van der Waals surface area contributed by atoms with E-state index in [0.717, 1.165) is 22.5 Å². The molecule has 0 aromatic carbocycles. The molecular weight excluding hydrogens is 298 g/mol. The molecule has 3 nitrogen and oxygen atoms in total. The van der Waals surface area contributed by atoms with Crippen LogP contribution in [0, 0.1) is 0 Å². The molecule has 0 spiro atoms. The molecular formula is C9H13BrClN3S. The molecule has 1 aromatic heterocycles. The molecule has 1 heterocycles. The smallest absolute Gasteiger partial charge is 0.148 e. The average Bonchev–Trinajstić information content (AvgIpc) is 2.22. The van der Waals surface area contributed by atoms with Gasteiger partial charge in [0, 0.05) is 6.04 Å². The van der Waals surface area contributed by atoms with Crippen LogP contribution in [0.4, 0.5) is 5.82 Å². The fourth-order valence-corrected chi connectivity index (χ4v) is 2.09. The number of nitrogens with one attached hydrogen (secondary N) is 1. The van der Waals surface area contributed by atoms with Crippen LogP contribution in [0.15, 0.2) is 10.8 Å². The fourth-order valence-electron chi connectivity index (χ4n) is 1.05. The van der Waals surface area contributed by atoms with Crippen molar-refractivity contribution in [3.05, 3.63) is 16.0 Å². The molecule has 1 unspecified atom stereocenters. The monoisotopic (exact) mass is 309 g/mol. The van der Waals surface area contributed by atoms with Crippen molar-refractivity contribution in [2.75, 3.05) is 17.3 Å². The minimum absolute atomic E-state index is 0.375. The van der Waals surface area contributed by atoms with Crippen molar-refractivity contribution < 1.29 is 0 Å². The second-order valence-electron chi connectivity index (χ2n) is 3.15. The Morgan fingerprint density at radius 2 is 2.33 bits per heavy atom. The summed E-state index contributed by atoms with van der Waals surface area (Å²) in [6, 6.07) is 0.375. The van der Waals surface area contributed by atoms with E-state index in [0.29, 0.717) is 11.2 Å². The third-order valence-corrected chi connectivity index (χ3v) is 3.79. The Morgan fingerprint density at radius 3 is 3.00 bits per heavy atom. The lowest BCUT2D eigenvalue weighted by Crippen LogP contribution is -2.17. The van der Waals surface area contributed by atoms with Crippen molar-refractivity contribution in [1.29, 1.82) is 0 Å². The third kappa shape index (κ3) is 4.17. The molecule has 1 rings (SSSR count). The van der Waals surface area contributed by atoms with E-state index in [1.165, 1.54) is 6.33 Å². The zero-order valence-corrected chi connectivity index (χ0v) is 11.8. The first kappa shape index (κ1) is 13.1. The molecule has 1 atom stereocenters. The van der Waals surface area contributed by atoms with Gasteiger partial charge in [0.05, 0.1) is 4.47 Å². The number of aromatic nitrogens is 2. The van der Waals surface area contributed by atoms with Crippen LogP contribution < -0.4 is 5.32 Å². The number of hydrogen-bond acceptors (Lipinski definition) is 4. The van der Waals surface area contributed by atoms with E-state index in [-0.39, 0.29) is 0 Å². The van der Waals surface area contributed by atoms with E-state index in [4.69, 9.17) is 11.6 Å². The summed E-state index contributed by atoms with van der Waals surface area (Å²) >= 11 is 11.0. The summed E-state index contributed by atoms with van der Waals surface area (Å²) in [6.45, 7) is 2.12. The fraction of sp³-hybridized carbons (Fsp3) is 0.556. The van der Waals surface area contributed by atoms with Gasteiger partial charge >= 0.3 is 0 Å². The van der Waals surface area contributed by atoms with E-state index in [2.05, 4.69) is 44.4 Å². The maximum absolute atomic E-state index is 5.86.